The zero-order chi connectivity index (χ0) is 14.0. The van der Waals surface area contributed by atoms with Crippen molar-refractivity contribution in [1.82, 2.24) is 4.90 Å². The van der Waals surface area contributed by atoms with Gasteiger partial charge in [-0.15, -0.1) is 0 Å². The molecule has 0 aliphatic heterocycles. The highest BCUT2D eigenvalue weighted by Crippen LogP contribution is 1.98. The Kier molecular flexibility index (Phi) is 8.55. The Morgan fingerprint density at radius 1 is 0.833 bits per heavy atom. The highest BCUT2D eigenvalue weighted by atomic mass is 16.5. The van der Waals surface area contributed by atoms with Crippen LogP contribution in [-0.2, 0) is 28.6 Å². The van der Waals surface area contributed by atoms with Crippen molar-refractivity contribution in [2.24, 2.45) is 0 Å². The van der Waals surface area contributed by atoms with Crippen LogP contribution in [0.1, 0.15) is 12.8 Å². The van der Waals surface area contributed by atoms with Gasteiger partial charge in [0.15, 0.2) is 0 Å². The molecular formula is C11H19NO6. The largest absolute Gasteiger partial charge is 0.469 e. The van der Waals surface area contributed by atoms with Crippen LogP contribution in [0, 0.1) is 0 Å². The SMILES string of the molecule is COC(=O)CCCN(CC(=O)OC)CC(=O)OC. The summed E-state index contributed by atoms with van der Waals surface area (Å²) in [7, 11) is 3.85. The topological polar surface area (TPSA) is 82.1 Å². The highest BCUT2D eigenvalue weighted by Gasteiger charge is 2.15. The molecule has 0 spiro atoms. The Morgan fingerprint density at radius 3 is 1.67 bits per heavy atom. The maximum absolute atomic E-state index is 11.1. The second-order valence-electron chi connectivity index (χ2n) is 3.54. The van der Waals surface area contributed by atoms with E-state index in [0.29, 0.717) is 13.0 Å². The molecule has 0 N–H and O–H groups in total. The lowest BCUT2D eigenvalue weighted by Gasteiger charge is -2.19. The number of carbonyl (C=O) groups excluding carboxylic acids is 3. The standard InChI is InChI=1S/C11H19NO6/c1-16-9(13)5-4-6-12(7-10(14)17-2)8-11(15)18-3/h4-8H2,1-3H3. The smallest absolute Gasteiger partial charge is 0.319 e. The van der Waals surface area contributed by atoms with Gasteiger partial charge in [0.1, 0.15) is 0 Å². The van der Waals surface area contributed by atoms with Crippen LogP contribution in [0.3, 0.4) is 0 Å². The Morgan fingerprint density at radius 2 is 1.28 bits per heavy atom. The first-order valence-corrected chi connectivity index (χ1v) is 5.46. The Balaban J connectivity index is 4.15. The van der Waals surface area contributed by atoms with Gasteiger partial charge < -0.3 is 14.2 Å². The van der Waals surface area contributed by atoms with E-state index in [-0.39, 0.29) is 25.5 Å². The van der Waals surface area contributed by atoms with Gasteiger partial charge >= 0.3 is 17.9 Å². The van der Waals surface area contributed by atoms with Crippen LogP contribution in [-0.4, -0.2) is 63.8 Å². The lowest BCUT2D eigenvalue weighted by Crippen LogP contribution is -2.36. The van der Waals surface area contributed by atoms with Crippen molar-refractivity contribution in [3.8, 4) is 0 Å². The van der Waals surface area contributed by atoms with Crippen LogP contribution in [0.2, 0.25) is 0 Å². The predicted octanol–water partition coefficient (Wildman–Crippen LogP) is -0.412. The summed E-state index contributed by atoms with van der Waals surface area (Å²) in [5, 5.41) is 0. The average molecular weight is 261 g/mol. The third-order valence-electron chi connectivity index (χ3n) is 2.24. The molecule has 0 amide bonds. The Labute approximate surface area is 106 Å². The molecule has 0 aromatic rings. The third kappa shape index (κ3) is 7.61. The molecular weight excluding hydrogens is 242 g/mol. The molecule has 7 heteroatoms. The molecule has 0 unspecified atom stereocenters. The fourth-order valence-electron chi connectivity index (χ4n) is 1.26. The maximum atomic E-state index is 11.1. The Bertz CT molecular complexity index is 273. The number of methoxy groups -OCH3 is 3. The fraction of sp³-hybridized carbons (Fsp3) is 0.727. The summed E-state index contributed by atoms with van der Waals surface area (Å²) < 4.78 is 13.5. The summed E-state index contributed by atoms with van der Waals surface area (Å²) in [6.07, 6.45) is 0.718. The van der Waals surface area contributed by atoms with Crippen molar-refractivity contribution in [2.75, 3.05) is 41.0 Å². The van der Waals surface area contributed by atoms with Crippen molar-refractivity contribution in [3.63, 3.8) is 0 Å². The zero-order valence-corrected chi connectivity index (χ0v) is 10.9. The number of nitrogens with zero attached hydrogens (tertiary/aromatic N) is 1. The summed E-state index contributed by atoms with van der Waals surface area (Å²) in [6.45, 7) is 0.360. The normalized spacial score (nSPS) is 10.0. The quantitative estimate of drug-likeness (QED) is 0.434. The number of ether oxygens (including phenoxy) is 3. The van der Waals surface area contributed by atoms with Crippen LogP contribution >= 0.6 is 0 Å². The van der Waals surface area contributed by atoms with Crippen LogP contribution in [0.25, 0.3) is 0 Å². The van der Waals surface area contributed by atoms with Crippen LogP contribution in [0.4, 0.5) is 0 Å². The number of hydrogen-bond donors (Lipinski definition) is 0. The van der Waals surface area contributed by atoms with Crippen molar-refractivity contribution in [1.29, 1.82) is 0 Å². The molecule has 0 fully saturated rings. The van der Waals surface area contributed by atoms with E-state index < -0.39 is 11.9 Å². The molecule has 0 saturated carbocycles. The van der Waals surface area contributed by atoms with Gasteiger partial charge in [-0.2, -0.15) is 0 Å². The number of hydrogen-bond acceptors (Lipinski definition) is 7. The number of esters is 3. The first-order valence-electron chi connectivity index (χ1n) is 5.46. The maximum Gasteiger partial charge on any atom is 0.319 e. The molecule has 0 saturated heterocycles. The van der Waals surface area contributed by atoms with Crippen molar-refractivity contribution in [2.45, 2.75) is 12.8 Å². The summed E-state index contributed by atoms with van der Waals surface area (Å²) in [4.78, 5) is 34.8. The van der Waals surface area contributed by atoms with E-state index in [4.69, 9.17) is 0 Å². The van der Waals surface area contributed by atoms with Crippen molar-refractivity contribution >= 4 is 17.9 Å². The second-order valence-corrected chi connectivity index (χ2v) is 3.54. The summed E-state index contributed by atoms with van der Waals surface area (Å²) in [5.41, 5.74) is 0. The minimum atomic E-state index is -0.447. The molecule has 0 heterocycles. The van der Waals surface area contributed by atoms with Gasteiger partial charge in [-0.25, -0.2) is 0 Å². The summed E-state index contributed by atoms with van der Waals surface area (Å²) in [6, 6.07) is 0. The highest BCUT2D eigenvalue weighted by molar-refractivity contribution is 5.74. The number of rotatable bonds is 8. The van der Waals surface area contributed by atoms with Crippen molar-refractivity contribution < 1.29 is 28.6 Å². The molecule has 0 bridgehead atoms. The molecule has 0 radical (unpaired) electrons. The first-order chi connectivity index (χ1) is 8.53. The molecule has 0 aliphatic carbocycles. The monoisotopic (exact) mass is 261 g/mol. The fourth-order valence-corrected chi connectivity index (χ4v) is 1.26. The molecule has 0 rings (SSSR count). The second kappa shape index (κ2) is 9.41. The van der Waals surface area contributed by atoms with E-state index in [2.05, 4.69) is 14.2 Å². The summed E-state index contributed by atoms with van der Waals surface area (Å²) >= 11 is 0. The van der Waals surface area contributed by atoms with Gasteiger partial charge in [0.2, 0.25) is 0 Å². The number of carbonyl (C=O) groups is 3. The molecule has 0 aromatic carbocycles. The van der Waals surface area contributed by atoms with Gasteiger partial charge in [-0.1, -0.05) is 0 Å². The minimum absolute atomic E-state index is 0.0211. The van der Waals surface area contributed by atoms with Crippen LogP contribution in [0.15, 0.2) is 0 Å². The third-order valence-corrected chi connectivity index (χ3v) is 2.24. The zero-order valence-electron chi connectivity index (χ0n) is 10.9. The minimum Gasteiger partial charge on any atom is -0.469 e. The van der Waals surface area contributed by atoms with E-state index in [1.807, 2.05) is 0 Å². The van der Waals surface area contributed by atoms with E-state index in [1.165, 1.54) is 21.3 Å². The van der Waals surface area contributed by atoms with Gasteiger partial charge in [0, 0.05) is 6.42 Å². The lowest BCUT2D eigenvalue weighted by molar-refractivity contribution is -0.145. The van der Waals surface area contributed by atoms with Gasteiger partial charge in [-0.05, 0) is 13.0 Å². The average Bonchev–Trinajstić information content (AvgIpc) is 2.37. The first kappa shape index (κ1) is 16.4. The molecule has 0 aliphatic rings. The predicted molar refractivity (Wildman–Crippen MR) is 61.7 cm³/mol. The van der Waals surface area contributed by atoms with Gasteiger partial charge in [0.25, 0.3) is 0 Å². The molecule has 7 nitrogen and oxygen atoms in total. The van der Waals surface area contributed by atoms with Gasteiger partial charge in [-0.3, -0.25) is 19.3 Å². The van der Waals surface area contributed by atoms with E-state index in [1.54, 1.807) is 4.90 Å². The molecule has 18 heavy (non-hydrogen) atoms. The molecule has 104 valence electrons. The van der Waals surface area contributed by atoms with E-state index >= 15 is 0 Å². The van der Waals surface area contributed by atoms with Crippen LogP contribution < -0.4 is 0 Å². The Hall–Kier alpha value is -1.63. The summed E-state index contributed by atoms with van der Waals surface area (Å²) in [5.74, 6) is -1.22. The molecule has 0 atom stereocenters. The lowest BCUT2D eigenvalue weighted by atomic mass is 10.3. The van der Waals surface area contributed by atoms with E-state index in [9.17, 15) is 14.4 Å². The van der Waals surface area contributed by atoms with E-state index in [0.717, 1.165) is 0 Å². The van der Waals surface area contributed by atoms with Crippen molar-refractivity contribution in [3.05, 3.63) is 0 Å². The van der Waals surface area contributed by atoms with Crippen LogP contribution in [0.5, 0.6) is 0 Å². The van der Waals surface area contributed by atoms with Gasteiger partial charge in [0.05, 0.1) is 34.4 Å². The molecule has 0 aromatic heterocycles.